The normalized spacial score (nSPS) is 11.5. The Kier molecular flexibility index (Phi) is 1.33. The Bertz CT molecular complexity index is 623. The first-order valence-corrected chi connectivity index (χ1v) is 5.05. The fourth-order valence-corrected chi connectivity index (χ4v) is 2.23. The first-order valence-electron chi connectivity index (χ1n) is 4.10. The highest BCUT2D eigenvalue weighted by Crippen LogP contribution is 2.22. The van der Waals surface area contributed by atoms with Crippen LogP contribution in [0.4, 0.5) is 5.95 Å². The maximum absolute atomic E-state index is 5.55. The first kappa shape index (κ1) is 7.69. The highest BCUT2D eigenvalue weighted by molar-refractivity contribution is 7.09. The molecule has 14 heavy (non-hydrogen) atoms. The van der Waals surface area contributed by atoms with Crippen molar-refractivity contribution in [1.82, 2.24) is 19.6 Å². The predicted molar refractivity (Wildman–Crippen MR) is 55.3 cm³/mol. The van der Waals surface area contributed by atoms with Crippen molar-refractivity contribution in [3.63, 3.8) is 0 Å². The molecule has 0 fully saturated rings. The Morgan fingerprint density at radius 3 is 3.07 bits per heavy atom. The van der Waals surface area contributed by atoms with Gasteiger partial charge in [-0.1, -0.05) is 0 Å². The van der Waals surface area contributed by atoms with Crippen LogP contribution in [0.5, 0.6) is 0 Å². The molecular formula is C8H7N5S. The van der Waals surface area contributed by atoms with E-state index in [0.717, 1.165) is 22.4 Å². The molecule has 3 aromatic rings. The van der Waals surface area contributed by atoms with Crippen LogP contribution < -0.4 is 5.73 Å². The molecule has 2 N–H and O–H groups in total. The number of anilines is 1. The molecule has 3 heterocycles. The minimum Gasteiger partial charge on any atom is -0.366 e. The molecule has 0 radical (unpaired) electrons. The maximum atomic E-state index is 5.55. The lowest BCUT2D eigenvalue weighted by Crippen LogP contribution is -1.97. The van der Waals surface area contributed by atoms with Crippen LogP contribution in [0.2, 0.25) is 0 Å². The topological polar surface area (TPSA) is 69.1 Å². The predicted octanol–water partition coefficient (Wildman–Crippen LogP) is 1.23. The van der Waals surface area contributed by atoms with Gasteiger partial charge in [-0.15, -0.1) is 16.4 Å². The van der Waals surface area contributed by atoms with Crippen molar-refractivity contribution in [2.75, 3.05) is 5.73 Å². The Balaban J connectivity index is 2.65. The lowest BCUT2D eigenvalue weighted by molar-refractivity contribution is 0.882. The van der Waals surface area contributed by atoms with Gasteiger partial charge in [0, 0.05) is 10.8 Å². The quantitative estimate of drug-likeness (QED) is 0.599. The van der Waals surface area contributed by atoms with E-state index in [2.05, 4.69) is 15.1 Å². The smallest absolute Gasteiger partial charge is 0.240 e. The lowest BCUT2D eigenvalue weighted by atomic mass is 10.4. The van der Waals surface area contributed by atoms with Crippen molar-refractivity contribution in [3.05, 3.63) is 16.6 Å². The van der Waals surface area contributed by atoms with Gasteiger partial charge in [-0.25, -0.2) is 4.98 Å². The summed E-state index contributed by atoms with van der Waals surface area (Å²) in [5, 5.41) is 9.07. The van der Waals surface area contributed by atoms with Crippen LogP contribution >= 0.6 is 11.3 Å². The van der Waals surface area contributed by atoms with Crippen molar-refractivity contribution in [1.29, 1.82) is 0 Å². The fourth-order valence-electron chi connectivity index (χ4n) is 1.49. The van der Waals surface area contributed by atoms with E-state index in [9.17, 15) is 0 Å². The van der Waals surface area contributed by atoms with E-state index in [1.54, 1.807) is 15.9 Å². The van der Waals surface area contributed by atoms with Crippen molar-refractivity contribution < 1.29 is 0 Å². The molecule has 5 nitrogen and oxygen atoms in total. The molecule has 0 atom stereocenters. The average Bonchev–Trinajstić information content (AvgIpc) is 2.69. The van der Waals surface area contributed by atoms with E-state index in [1.165, 1.54) is 0 Å². The number of nitrogen functional groups attached to an aromatic ring is 1. The summed E-state index contributed by atoms with van der Waals surface area (Å²) in [6.45, 7) is 1.89. The Morgan fingerprint density at radius 1 is 1.36 bits per heavy atom. The van der Waals surface area contributed by atoms with E-state index in [0.29, 0.717) is 0 Å². The Morgan fingerprint density at radius 2 is 2.21 bits per heavy atom. The molecule has 0 aliphatic carbocycles. The molecule has 0 aliphatic rings. The van der Waals surface area contributed by atoms with Gasteiger partial charge in [-0.2, -0.15) is 9.50 Å². The van der Waals surface area contributed by atoms with Crippen molar-refractivity contribution >= 4 is 33.8 Å². The molecule has 0 bridgehead atoms. The summed E-state index contributed by atoms with van der Waals surface area (Å²) in [5.41, 5.74) is 7.29. The van der Waals surface area contributed by atoms with Crippen molar-refractivity contribution in [2.45, 2.75) is 6.92 Å². The van der Waals surface area contributed by atoms with Crippen molar-refractivity contribution in [3.8, 4) is 0 Å². The minimum absolute atomic E-state index is 0.286. The third-order valence-electron chi connectivity index (χ3n) is 2.09. The summed E-state index contributed by atoms with van der Waals surface area (Å²) in [6.07, 6.45) is 0. The number of thiophene rings is 1. The van der Waals surface area contributed by atoms with Gasteiger partial charge in [0.1, 0.15) is 5.82 Å². The number of aryl methyl sites for hydroxylation is 1. The van der Waals surface area contributed by atoms with Gasteiger partial charge < -0.3 is 5.73 Å². The molecule has 6 heteroatoms. The number of hydrogen-bond acceptors (Lipinski definition) is 5. The second-order valence-corrected chi connectivity index (χ2v) is 3.78. The van der Waals surface area contributed by atoms with Crippen LogP contribution in [0.25, 0.3) is 16.6 Å². The summed E-state index contributed by atoms with van der Waals surface area (Å²) in [7, 11) is 0. The van der Waals surface area contributed by atoms with Gasteiger partial charge in [0.25, 0.3) is 0 Å². The molecule has 0 unspecified atom stereocenters. The van der Waals surface area contributed by atoms with Gasteiger partial charge in [0.05, 0.1) is 10.9 Å². The molecule has 0 aliphatic heterocycles. The second kappa shape index (κ2) is 2.42. The summed E-state index contributed by atoms with van der Waals surface area (Å²) in [4.78, 5) is 8.56. The number of aromatic nitrogens is 4. The zero-order chi connectivity index (χ0) is 9.71. The van der Waals surface area contributed by atoms with Gasteiger partial charge in [0.15, 0.2) is 5.65 Å². The van der Waals surface area contributed by atoms with Crippen LogP contribution in [-0.4, -0.2) is 19.6 Å². The van der Waals surface area contributed by atoms with Gasteiger partial charge in [0.2, 0.25) is 5.95 Å². The van der Waals surface area contributed by atoms with Crippen LogP contribution in [0, 0.1) is 6.92 Å². The standard InChI is InChI=1S/C8H7N5S/c1-4-10-6-3-14-2-5(6)7-11-8(9)12-13(4)7/h2-3H,1H3,(H2,9,12). The lowest BCUT2D eigenvalue weighted by Gasteiger charge is -1.96. The Hall–Kier alpha value is -1.69. The summed E-state index contributed by atoms with van der Waals surface area (Å²) in [5.74, 6) is 1.09. The van der Waals surface area contributed by atoms with Gasteiger partial charge in [-0.3, -0.25) is 0 Å². The van der Waals surface area contributed by atoms with E-state index >= 15 is 0 Å². The maximum Gasteiger partial charge on any atom is 0.240 e. The van der Waals surface area contributed by atoms with E-state index in [4.69, 9.17) is 5.73 Å². The molecule has 0 saturated carbocycles. The third kappa shape index (κ3) is 0.856. The minimum atomic E-state index is 0.286. The SMILES string of the molecule is Cc1nc2cscc2c2nc(N)nn12. The zero-order valence-corrected chi connectivity index (χ0v) is 8.25. The molecule has 0 amide bonds. The monoisotopic (exact) mass is 205 g/mol. The number of nitrogens with zero attached hydrogens (tertiary/aromatic N) is 4. The van der Waals surface area contributed by atoms with E-state index in [-0.39, 0.29) is 5.95 Å². The average molecular weight is 205 g/mol. The zero-order valence-electron chi connectivity index (χ0n) is 7.43. The van der Waals surface area contributed by atoms with E-state index < -0.39 is 0 Å². The number of rotatable bonds is 0. The molecule has 3 rings (SSSR count). The fraction of sp³-hybridized carbons (Fsp3) is 0.125. The van der Waals surface area contributed by atoms with Crippen LogP contribution in [0.3, 0.4) is 0 Å². The Labute approximate surface area is 83.2 Å². The van der Waals surface area contributed by atoms with Crippen molar-refractivity contribution in [2.24, 2.45) is 0 Å². The largest absolute Gasteiger partial charge is 0.366 e. The molecule has 0 saturated heterocycles. The van der Waals surface area contributed by atoms with Crippen LogP contribution in [-0.2, 0) is 0 Å². The molecular weight excluding hydrogens is 198 g/mol. The molecule has 70 valence electrons. The van der Waals surface area contributed by atoms with Gasteiger partial charge >= 0.3 is 0 Å². The summed E-state index contributed by atoms with van der Waals surface area (Å²) in [6, 6.07) is 0. The highest BCUT2D eigenvalue weighted by atomic mass is 32.1. The number of nitrogens with two attached hydrogens (primary N) is 1. The van der Waals surface area contributed by atoms with Crippen LogP contribution in [0.15, 0.2) is 10.8 Å². The number of fused-ring (bicyclic) bond motifs is 3. The highest BCUT2D eigenvalue weighted by Gasteiger charge is 2.09. The number of hydrogen-bond donors (Lipinski definition) is 1. The third-order valence-corrected chi connectivity index (χ3v) is 2.83. The second-order valence-electron chi connectivity index (χ2n) is 3.04. The van der Waals surface area contributed by atoms with Crippen LogP contribution in [0.1, 0.15) is 5.82 Å². The molecule has 0 aromatic carbocycles. The first-order chi connectivity index (χ1) is 6.75. The molecule has 0 spiro atoms. The summed E-state index contributed by atoms with van der Waals surface area (Å²) < 4.78 is 1.67. The summed E-state index contributed by atoms with van der Waals surface area (Å²) >= 11 is 1.60. The van der Waals surface area contributed by atoms with Gasteiger partial charge in [-0.05, 0) is 6.92 Å². The molecule has 3 aromatic heterocycles. The van der Waals surface area contributed by atoms with E-state index in [1.807, 2.05) is 17.7 Å².